The summed E-state index contributed by atoms with van der Waals surface area (Å²) in [6.45, 7) is 5.38. The Labute approximate surface area is 202 Å². The van der Waals surface area contributed by atoms with E-state index < -0.39 is 0 Å². The highest BCUT2D eigenvalue weighted by Crippen LogP contribution is 2.28. The zero-order valence-electron chi connectivity index (χ0n) is 20.4. The van der Waals surface area contributed by atoms with Crippen molar-refractivity contribution in [3.63, 3.8) is 0 Å². The van der Waals surface area contributed by atoms with Gasteiger partial charge in [0.05, 0.1) is 12.8 Å². The van der Waals surface area contributed by atoms with Crippen molar-refractivity contribution in [2.75, 3.05) is 44.1 Å². The van der Waals surface area contributed by atoms with Crippen molar-refractivity contribution in [2.24, 2.45) is 5.92 Å². The van der Waals surface area contributed by atoms with Gasteiger partial charge < -0.3 is 25.4 Å². The van der Waals surface area contributed by atoms with Gasteiger partial charge in [-0.25, -0.2) is 14.4 Å². The fraction of sp³-hybridized carbons (Fsp3) is 0.615. The number of pyridine rings is 2. The summed E-state index contributed by atoms with van der Waals surface area (Å²) in [4.78, 5) is 8.73. The molecular formula is C26H38FN5O2. The molecule has 2 fully saturated rings. The van der Waals surface area contributed by atoms with E-state index in [9.17, 15) is 4.39 Å². The summed E-state index contributed by atoms with van der Waals surface area (Å²) in [7, 11) is 1.74. The fourth-order valence-corrected chi connectivity index (χ4v) is 4.95. The maximum absolute atomic E-state index is 14.7. The maximum Gasteiger partial charge on any atom is 0.149 e. The van der Waals surface area contributed by atoms with E-state index in [1.54, 1.807) is 13.3 Å². The number of methoxy groups -OCH3 is 1. The van der Waals surface area contributed by atoms with Crippen molar-refractivity contribution in [1.29, 1.82) is 0 Å². The average molecular weight is 472 g/mol. The number of hydrogen-bond donors (Lipinski definition) is 3. The van der Waals surface area contributed by atoms with Gasteiger partial charge in [0.15, 0.2) is 0 Å². The Balaban J connectivity index is 1.34. The van der Waals surface area contributed by atoms with Crippen LogP contribution in [-0.2, 0) is 9.47 Å². The first-order valence-corrected chi connectivity index (χ1v) is 12.6. The minimum absolute atomic E-state index is 0.327. The van der Waals surface area contributed by atoms with Crippen LogP contribution in [0.3, 0.4) is 0 Å². The second kappa shape index (κ2) is 12.4. The highest BCUT2D eigenvalue weighted by molar-refractivity contribution is 5.69. The van der Waals surface area contributed by atoms with Gasteiger partial charge in [0, 0.05) is 56.8 Å². The molecule has 0 unspecified atom stereocenters. The molecule has 4 rings (SSSR count). The fourth-order valence-electron chi connectivity index (χ4n) is 4.95. The zero-order chi connectivity index (χ0) is 23.8. The molecule has 0 spiro atoms. The van der Waals surface area contributed by atoms with Crippen LogP contribution in [0.4, 0.5) is 16.0 Å². The third-order valence-electron chi connectivity index (χ3n) is 6.86. The molecule has 1 aliphatic carbocycles. The van der Waals surface area contributed by atoms with E-state index in [-0.39, 0.29) is 5.82 Å². The summed E-state index contributed by atoms with van der Waals surface area (Å²) >= 11 is 0. The predicted octanol–water partition coefficient (Wildman–Crippen LogP) is 4.47. The molecule has 0 amide bonds. The third kappa shape index (κ3) is 7.10. The van der Waals surface area contributed by atoms with Crippen LogP contribution in [0.15, 0.2) is 30.6 Å². The Bertz CT molecular complexity index is 901. The SMILES string of the molecule is COC[C@H](C)NC1CCC(Nc2cc(-c3ccnc(NCC4CCOCC4)c3)c(F)cn2)CC1. The van der Waals surface area contributed by atoms with Gasteiger partial charge in [0.25, 0.3) is 0 Å². The van der Waals surface area contributed by atoms with Crippen molar-refractivity contribution in [3.8, 4) is 11.1 Å². The number of ether oxygens (including phenoxy) is 2. The van der Waals surface area contributed by atoms with E-state index in [4.69, 9.17) is 9.47 Å². The lowest BCUT2D eigenvalue weighted by Gasteiger charge is -2.31. The topological polar surface area (TPSA) is 80.3 Å². The van der Waals surface area contributed by atoms with Crippen LogP contribution in [0.5, 0.6) is 0 Å². The molecule has 2 aromatic heterocycles. The van der Waals surface area contributed by atoms with Gasteiger partial charge in [0.1, 0.15) is 17.5 Å². The van der Waals surface area contributed by atoms with Gasteiger partial charge in [-0.05, 0) is 75.1 Å². The van der Waals surface area contributed by atoms with E-state index in [1.807, 2.05) is 18.2 Å². The molecule has 2 aromatic rings. The summed E-state index contributed by atoms with van der Waals surface area (Å²) < 4.78 is 25.4. The Morgan fingerprint density at radius 1 is 1.06 bits per heavy atom. The largest absolute Gasteiger partial charge is 0.383 e. The summed E-state index contributed by atoms with van der Waals surface area (Å²) in [5.41, 5.74) is 1.34. The van der Waals surface area contributed by atoms with Gasteiger partial charge in [0.2, 0.25) is 0 Å². The molecule has 1 saturated carbocycles. The van der Waals surface area contributed by atoms with Crippen LogP contribution in [0.2, 0.25) is 0 Å². The summed E-state index contributed by atoms with van der Waals surface area (Å²) in [5, 5.41) is 10.6. The molecular weight excluding hydrogens is 433 g/mol. The second-order valence-corrected chi connectivity index (χ2v) is 9.63. The van der Waals surface area contributed by atoms with Crippen LogP contribution in [0.1, 0.15) is 45.4 Å². The molecule has 0 radical (unpaired) electrons. The molecule has 8 heteroatoms. The normalized spacial score (nSPS) is 22.3. The number of nitrogens with zero attached hydrogens (tertiary/aromatic N) is 2. The molecule has 186 valence electrons. The Morgan fingerprint density at radius 3 is 2.59 bits per heavy atom. The number of aromatic nitrogens is 2. The van der Waals surface area contributed by atoms with Gasteiger partial charge >= 0.3 is 0 Å². The molecule has 7 nitrogen and oxygen atoms in total. The lowest BCUT2D eigenvalue weighted by molar-refractivity contribution is 0.0699. The highest BCUT2D eigenvalue weighted by Gasteiger charge is 2.23. The van der Waals surface area contributed by atoms with E-state index in [2.05, 4.69) is 32.8 Å². The second-order valence-electron chi connectivity index (χ2n) is 9.63. The Morgan fingerprint density at radius 2 is 1.82 bits per heavy atom. The van der Waals surface area contributed by atoms with Gasteiger partial charge in [-0.3, -0.25) is 0 Å². The molecule has 1 aliphatic heterocycles. The lowest BCUT2D eigenvalue weighted by Crippen LogP contribution is -2.42. The minimum Gasteiger partial charge on any atom is -0.383 e. The lowest BCUT2D eigenvalue weighted by atomic mass is 9.90. The number of hydrogen-bond acceptors (Lipinski definition) is 7. The van der Waals surface area contributed by atoms with Crippen LogP contribution < -0.4 is 16.0 Å². The van der Waals surface area contributed by atoms with Crippen molar-refractivity contribution < 1.29 is 13.9 Å². The number of nitrogens with one attached hydrogen (secondary N) is 3. The molecule has 1 saturated heterocycles. The number of anilines is 2. The standard InChI is InChI=1S/C26H38FN5O2/c1-18(17-33-2)31-21-3-5-22(6-4-21)32-26-14-23(24(27)16-30-26)20-7-10-28-25(13-20)29-15-19-8-11-34-12-9-19/h7,10,13-14,16,18-19,21-22,31H,3-6,8-9,11-12,15,17H2,1-2H3,(H,28,29)(H,30,32)/t18-,21?,22?/m0/s1. The quantitative estimate of drug-likeness (QED) is 0.472. The van der Waals surface area contributed by atoms with Gasteiger partial charge in [-0.15, -0.1) is 0 Å². The Kier molecular flexibility index (Phi) is 9.07. The summed E-state index contributed by atoms with van der Waals surface area (Å²) in [6.07, 6.45) is 9.48. The smallest absolute Gasteiger partial charge is 0.149 e. The van der Waals surface area contributed by atoms with Crippen LogP contribution in [-0.4, -0.2) is 61.6 Å². The van der Waals surface area contributed by atoms with Crippen LogP contribution in [0, 0.1) is 11.7 Å². The summed E-state index contributed by atoms with van der Waals surface area (Å²) in [6, 6.07) is 6.80. The highest BCUT2D eigenvalue weighted by atomic mass is 19.1. The molecule has 3 N–H and O–H groups in total. The van der Waals surface area contributed by atoms with Crippen LogP contribution >= 0.6 is 0 Å². The molecule has 0 aromatic carbocycles. The van der Waals surface area contributed by atoms with E-state index >= 15 is 0 Å². The third-order valence-corrected chi connectivity index (χ3v) is 6.86. The molecule has 2 aliphatic rings. The van der Waals surface area contributed by atoms with E-state index in [0.29, 0.717) is 35.4 Å². The minimum atomic E-state index is -0.327. The molecule has 34 heavy (non-hydrogen) atoms. The van der Waals surface area contributed by atoms with Crippen molar-refractivity contribution in [3.05, 3.63) is 36.4 Å². The summed E-state index contributed by atoms with van der Waals surface area (Å²) in [5.74, 6) is 1.74. The molecule has 3 heterocycles. The number of rotatable bonds is 10. The van der Waals surface area contributed by atoms with Gasteiger partial charge in [-0.1, -0.05) is 0 Å². The Hall–Kier alpha value is -2.29. The zero-order valence-corrected chi connectivity index (χ0v) is 20.4. The first kappa shape index (κ1) is 24.8. The van der Waals surface area contributed by atoms with Crippen molar-refractivity contribution >= 4 is 11.6 Å². The monoisotopic (exact) mass is 471 g/mol. The molecule has 0 bridgehead atoms. The molecule has 1 atom stereocenters. The average Bonchev–Trinajstić information content (AvgIpc) is 2.86. The maximum atomic E-state index is 14.7. The van der Waals surface area contributed by atoms with E-state index in [1.165, 1.54) is 6.20 Å². The van der Waals surface area contributed by atoms with Crippen LogP contribution in [0.25, 0.3) is 11.1 Å². The predicted molar refractivity (Wildman–Crippen MR) is 134 cm³/mol. The van der Waals surface area contributed by atoms with Crippen molar-refractivity contribution in [2.45, 2.75) is 63.6 Å². The van der Waals surface area contributed by atoms with Crippen molar-refractivity contribution in [1.82, 2.24) is 15.3 Å². The van der Waals surface area contributed by atoms with E-state index in [0.717, 1.165) is 76.3 Å². The first-order chi connectivity index (χ1) is 16.6. The van der Waals surface area contributed by atoms with Gasteiger partial charge in [-0.2, -0.15) is 0 Å². The first-order valence-electron chi connectivity index (χ1n) is 12.6. The number of halogens is 1.